The molecule has 2 fully saturated rings. The lowest BCUT2D eigenvalue weighted by Gasteiger charge is -2.36. The highest BCUT2D eigenvalue weighted by Gasteiger charge is 2.36. The number of methoxy groups -OCH3 is 3. The van der Waals surface area contributed by atoms with E-state index in [2.05, 4.69) is 31.4 Å². The second-order valence-corrected chi connectivity index (χ2v) is 14.6. The Kier molecular flexibility index (Phi) is 19.1. The number of rotatable bonds is 22. The average Bonchev–Trinajstić information content (AvgIpc) is 3.11. The topological polar surface area (TPSA) is 119 Å². The molecule has 10 heteroatoms. The van der Waals surface area contributed by atoms with Crippen LogP contribution in [0.2, 0.25) is 0 Å². The molecule has 2 amide bonds. The molecule has 0 radical (unpaired) electrons. The van der Waals surface area contributed by atoms with Crippen molar-refractivity contribution in [2.75, 3.05) is 41.2 Å². The zero-order valence-electron chi connectivity index (χ0n) is 31.2. The summed E-state index contributed by atoms with van der Waals surface area (Å²) in [6.07, 6.45) is 10.4. The minimum Gasteiger partial charge on any atom is -0.393 e. The van der Waals surface area contributed by atoms with Gasteiger partial charge in [0.2, 0.25) is 11.8 Å². The van der Waals surface area contributed by atoms with E-state index >= 15 is 0 Å². The lowest BCUT2D eigenvalue weighted by atomic mass is 9.81. The standard InChI is InChI=1S/C39H67N3O7/c1-7-8-19-33(41-34(25-30-17-13-10-14-18-30)38(45)42-22-20-32(21-23-42)49-27-46-4)37(44)40-31(24-29-15-11-9-12-16-29)26-35(43)36(28(2)3)39(47-5)48-6/h10,13-14,17-18,28-29,31-36,39,41,43H,7-9,11-12,15-16,19-27H2,1-6H3,(H,40,44)/t31-,33-,34?,35-,36?/m0/s1. The van der Waals surface area contributed by atoms with E-state index < -0.39 is 24.5 Å². The molecule has 49 heavy (non-hydrogen) atoms. The van der Waals surface area contributed by atoms with Crippen LogP contribution < -0.4 is 10.6 Å². The van der Waals surface area contributed by atoms with Gasteiger partial charge in [-0.3, -0.25) is 14.9 Å². The fraction of sp³-hybridized carbons (Fsp3) is 0.795. The predicted molar refractivity (Wildman–Crippen MR) is 193 cm³/mol. The van der Waals surface area contributed by atoms with Crippen molar-refractivity contribution in [3.05, 3.63) is 35.9 Å². The summed E-state index contributed by atoms with van der Waals surface area (Å²) in [4.78, 5) is 30.4. The van der Waals surface area contributed by atoms with Crippen LogP contribution in [0.15, 0.2) is 30.3 Å². The number of aliphatic hydroxyl groups is 1. The number of nitrogens with zero attached hydrogens (tertiary/aromatic N) is 1. The highest BCUT2D eigenvalue weighted by atomic mass is 16.7. The summed E-state index contributed by atoms with van der Waals surface area (Å²) >= 11 is 0. The molecule has 1 aliphatic heterocycles. The summed E-state index contributed by atoms with van der Waals surface area (Å²) in [5.74, 6) is 0.296. The number of carbonyl (C=O) groups excluding carboxylic acids is 2. The minimum atomic E-state index is -0.718. The first-order valence-corrected chi connectivity index (χ1v) is 18.9. The number of piperidine rings is 1. The maximum absolute atomic E-state index is 14.3. The molecular formula is C39H67N3O7. The number of hydrogen-bond donors (Lipinski definition) is 3. The van der Waals surface area contributed by atoms with E-state index in [-0.39, 0.29) is 42.6 Å². The maximum atomic E-state index is 14.3. The molecular weight excluding hydrogens is 622 g/mol. The fourth-order valence-corrected chi connectivity index (χ4v) is 7.78. The van der Waals surface area contributed by atoms with Crippen molar-refractivity contribution in [1.82, 2.24) is 15.5 Å². The summed E-state index contributed by atoms with van der Waals surface area (Å²) < 4.78 is 22.0. The van der Waals surface area contributed by atoms with Crippen LogP contribution in [0.4, 0.5) is 0 Å². The second-order valence-electron chi connectivity index (χ2n) is 14.6. The zero-order valence-corrected chi connectivity index (χ0v) is 31.2. The molecule has 3 N–H and O–H groups in total. The van der Waals surface area contributed by atoms with Crippen LogP contribution in [0.3, 0.4) is 0 Å². The summed E-state index contributed by atoms with van der Waals surface area (Å²) in [5, 5.41) is 18.6. The number of carbonyl (C=O) groups is 2. The Hall–Kier alpha value is -2.08. The molecule has 1 aromatic carbocycles. The van der Waals surface area contributed by atoms with E-state index in [0.29, 0.717) is 38.3 Å². The van der Waals surface area contributed by atoms with Gasteiger partial charge in [0.25, 0.3) is 0 Å². The van der Waals surface area contributed by atoms with Crippen LogP contribution in [0.1, 0.15) is 103 Å². The molecule has 1 saturated heterocycles. The minimum absolute atomic E-state index is 0.0162. The normalized spacial score (nSPS) is 19.5. The van der Waals surface area contributed by atoms with Crippen LogP contribution in [-0.4, -0.2) is 99.7 Å². The van der Waals surface area contributed by atoms with E-state index in [1.807, 2.05) is 35.2 Å². The first kappa shape index (κ1) is 41.3. The molecule has 5 atom stereocenters. The van der Waals surface area contributed by atoms with Crippen molar-refractivity contribution in [1.29, 1.82) is 0 Å². The first-order valence-electron chi connectivity index (χ1n) is 18.9. The first-order chi connectivity index (χ1) is 23.7. The fourth-order valence-electron chi connectivity index (χ4n) is 7.78. The molecule has 1 saturated carbocycles. The number of ether oxygens (including phenoxy) is 4. The van der Waals surface area contributed by atoms with Crippen molar-refractivity contribution in [3.8, 4) is 0 Å². The number of hydrogen-bond acceptors (Lipinski definition) is 8. The molecule has 0 bridgehead atoms. The molecule has 2 unspecified atom stereocenters. The zero-order chi connectivity index (χ0) is 35.6. The largest absolute Gasteiger partial charge is 0.393 e. The molecule has 1 heterocycles. The molecule has 1 aromatic rings. The van der Waals surface area contributed by atoms with E-state index in [0.717, 1.165) is 50.5 Å². The molecule has 0 spiro atoms. The van der Waals surface area contributed by atoms with E-state index in [9.17, 15) is 14.7 Å². The maximum Gasteiger partial charge on any atom is 0.240 e. The highest BCUT2D eigenvalue weighted by Crippen LogP contribution is 2.31. The lowest BCUT2D eigenvalue weighted by molar-refractivity contribution is -0.173. The Balaban J connectivity index is 1.81. The predicted octanol–water partition coefficient (Wildman–Crippen LogP) is 5.45. The van der Waals surface area contributed by atoms with Crippen LogP contribution in [0.25, 0.3) is 0 Å². The molecule has 10 nitrogen and oxygen atoms in total. The summed E-state index contributed by atoms with van der Waals surface area (Å²) in [6, 6.07) is 8.72. The Labute approximate surface area is 296 Å². The van der Waals surface area contributed by atoms with Gasteiger partial charge in [-0.2, -0.15) is 0 Å². The van der Waals surface area contributed by atoms with Gasteiger partial charge < -0.3 is 34.3 Å². The second kappa shape index (κ2) is 22.7. The Morgan fingerprint density at radius 2 is 1.63 bits per heavy atom. The van der Waals surface area contributed by atoms with Gasteiger partial charge in [-0.1, -0.05) is 96.0 Å². The van der Waals surface area contributed by atoms with Crippen LogP contribution in [-0.2, 0) is 35.0 Å². The van der Waals surface area contributed by atoms with Gasteiger partial charge in [0.05, 0.1) is 24.3 Å². The van der Waals surface area contributed by atoms with Gasteiger partial charge in [-0.05, 0) is 55.9 Å². The van der Waals surface area contributed by atoms with Gasteiger partial charge in [0.1, 0.15) is 6.79 Å². The van der Waals surface area contributed by atoms with Crippen LogP contribution >= 0.6 is 0 Å². The molecule has 2 aliphatic rings. The molecule has 280 valence electrons. The quantitative estimate of drug-likeness (QED) is 0.138. The Bertz CT molecular complexity index is 1040. The number of unbranched alkanes of at least 4 members (excludes halogenated alkanes) is 1. The SMILES string of the molecule is CCCC[C@H](NC(Cc1ccccc1)C(=O)N1CCC(OCOC)CC1)C(=O)N[C@@H](CC1CCCCC1)C[C@H](O)C(C(C)C)C(OC)OC. The van der Waals surface area contributed by atoms with Gasteiger partial charge in [-0.25, -0.2) is 0 Å². The van der Waals surface area contributed by atoms with Gasteiger partial charge in [0, 0.05) is 46.4 Å². The molecule has 0 aromatic heterocycles. The summed E-state index contributed by atoms with van der Waals surface area (Å²) in [7, 11) is 4.82. The van der Waals surface area contributed by atoms with Gasteiger partial charge >= 0.3 is 0 Å². The van der Waals surface area contributed by atoms with Crippen molar-refractivity contribution in [2.45, 2.75) is 141 Å². The van der Waals surface area contributed by atoms with E-state index in [1.54, 1.807) is 21.3 Å². The number of benzene rings is 1. The third-order valence-corrected chi connectivity index (χ3v) is 10.5. The number of aliphatic hydroxyl groups excluding tert-OH is 1. The smallest absolute Gasteiger partial charge is 0.240 e. The van der Waals surface area contributed by atoms with Crippen molar-refractivity contribution < 1.29 is 33.6 Å². The van der Waals surface area contributed by atoms with Crippen molar-refractivity contribution >= 4 is 11.8 Å². The number of nitrogens with one attached hydrogen (secondary N) is 2. The van der Waals surface area contributed by atoms with Gasteiger partial charge in [0.15, 0.2) is 6.29 Å². The number of amides is 2. The van der Waals surface area contributed by atoms with Gasteiger partial charge in [-0.15, -0.1) is 0 Å². The van der Waals surface area contributed by atoms with Crippen LogP contribution in [0.5, 0.6) is 0 Å². The third-order valence-electron chi connectivity index (χ3n) is 10.5. The lowest BCUT2D eigenvalue weighted by Crippen LogP contribution is -2.57. The Morgan fingerprint density at radius 1 is 0.959 bits per heavy atom. The van der Waals surface area contributed by atoms with Crippen LogP contribution in [0, 0.1) is 17.8 Å². The summed E-state index contributed by atoms with van der Waals surface area (Å²) in [5.41, 5.74) is 1.05. The monoisotopic (exact) mass is 689 g/mol. The van der Waals surface area contributed by atoms with E-state index in [4.69, 9.17) is 18.9 Å². The number of likely N-dealkylation sites (tertiary alicyclic amines) is 1. The van der Waals surface area contributed by atoms with Crippen molar-refractivity contribution in [2.24, 2.45) is 17.8 Å². The van der Waals surface area contributed by atoms with E-state index in [1.165, 1.54) is 19.3 Å². The molecule has 1 aliphatic carbocycles. The van der Waals surface area contributed by atoms with Crippen molar-refractivity contribution in [3.63, 3.8) is 0 Å². The summed E-state index contributed by atoms with van der Waals surface area (Å²) in [6.45, 7) is 7.71. The Morgan fingerprint density at radius 3 is 2.22 bits per heavy atom. The third kappa shape index (κ3) is 13.9. The average molecular weight is 690 g/mol. The highest BCUT2D eigenvalue weighted by molar-refractivity contribution is 5.85. The molecule has 3 rings (SSSR count).